The highest BCUT2D eigenvalue weighted by Crippen LogP contribution is 2.25. The lowest BCUT2D eigenvalue weighted by Crippen LogP contribution is -2.13. The van der Waals surface area contributed by atoms with Crippen molar-refractivity contribution in [2.24, 2.45) is 5.73 Å². The van der Waals surface area contributed by atoms with Gasteiger partial charge in [0.05, 0.1) is 0 Å². The van der Waals surface area contributed by atoms with E-state index in [4.69, 9.17) is 5.73 Å². The monoisotopic (exact) mass is 301 g/mol. The molecule has 0 heterocycles. The fourth-order valence-electron chi connectivity index (χ4n) is 1.59. The highest BCUT2D eigenvalue weighted by Gasteiger charge is 2.11. The summed E-state index contributed by atoms with van der Waals surface area (Å²) in [7, 11) is 0. The van der Waals surface area contributed by atoms with Gasteiger partial charge in [-0.3, -0.25) is 0 Å². The quantitative estimate of drug-likeness (QED) is 0.681. The second-order valence-electron chi connectivity index (χ2n) is 4.17. The molecule has 1 atom stereocenters. The Morgan fingerprint density at radius 2 is 1.45 bits per heavy atom. The molecule has 0 saturated carbocycles. The van der Waals surface area contributed by atoms with Crippen molar-refractivity contribution >= 4 is 11.8 Å². The summed E-state index contributed by atoms with van der Waals surface area (Å²) in [5, 5.41) is 0. The third-order valence-corrected chi connectivity index (χ3v) is 3.81. The second kappa shape index (κ2) is 6.28. The van der Waals surface area contributed by atoms with Crippen LogP contribution >= 0.6 is 11.8 Å². The van der Waals surface area contributed by atoms with E-state index in [9.17, 15) is 17.6 Å². The van der Waals surface area contributed by atoms with Gasteiger partial charge < -0.3 is 5.73 Å². The third kappa shape index (κ3) is 3.52. The van der Waals surface area contributed by atoms with E-state index in [1.54, 1.807) is 0 Å². The molecule has 0 saturated heterocycles. The van der Waals surface area contributed by atoms with Gasteiger partial charge in [0, 0.05) is 16.7 Å². The van der Waals surface area contributed by atoms with Crippen LogP contribution in [-0.2, 0) is 0 Å². The standard InChI is InChI=1S/C14H11F4NS/c15-10-3-1-8(5-12(10)17)14(19)7-20-9-2-4-11(16)13(18)6-9/h1-6,14H,7,19H2. The van der Waals surface area contributed by atoms with Gasteiger partial charge in [-0.05, 0) is 35.9 Å². The lowest BCUT2D eigenvalue weighted by atomic mass is 10.1. The van der Waals surface area contributed by atoms with Crippen molar-refractivity contribution in [3.8, 4) is 0 Å². The SMILES string of the molecule is NC(CSc1ccc(F)c(F)c1)c1ccc(F)c(F)c1. The Morgan fingerprint density at radius 3 is 2.05 bits per heavy atom. The Labute approximate surface area is 117 Å². The van der Waals surface area contributed by atoms with Crippen molar-refractivity contribution < 1.29 is 17.6 Å². The van der Waals surface area contributed by atoms with Crippen LogP contribution in [0, 0.1) is 23.3 Å². The van der Waals surface area contributed by atoms with E-state index in [0.29, 0.717) is 16.2 Å². The molecular formula is C14H11F4NS. The molecule has 0 aliphatic heterocycles. The maximum absolute atomic E-state index is 13.1. The summed E-state index contributed by atoms with van der Waals surface area (Å²) in [4.78, 5) is 0.516. The average Bonchev–Trinajstić information content (AvgIpc) is 2.43. The molecule has 2 rings (SSSR count). The van der Waals surface area contributed by atoms with Crippen molar-refractivity contribution in [1.29, 1.82) is 0 Å². The fraction of sp³-hybridized carbons (Fsp3) is 0.143. The van der Waals surface area contributed by atoms with Gasteiger partial charge in [-0.25, -0.2) is 17.6 Å². The molecule has 1 unspecified atom stereocenters. The minimum absolute atomic E-state index is 0.330. The molecule has 6 heteroatoms. The fourth-order valence-corrected chi connectivity index (χ4v) is 2.51. The van der Waals surface area contributed by atoms with Crippen molar-refractivity contribution in [2.75, 3.05) is 5.75 Å². The first-order valence-corrected chi connectivity index (χ1v) is 6.74. The smallest absolute Gasteiger partial charge is 0.159 e. The minimum atomic E-state index is -0.962. The van der Waals surface area contributed by atoms with Crippen LogP contribution in [0.5, 0.6) is 0 Å². The second-order valence-corrected chi connectivity index (χ2v) is 5.26. The maximum Gasteiger partial charge on any atom is 0.159 e. The van der Waals surface area contributed by atoms with E-state index in [1.165, 1.54) is 23.9 Å². The van der Waals surface area contributed by atoms with E-state index in [2.05, 4.69) is 0 Å². The molecule has 0 spiro atoms. The van der Waals surface area contributed by atoms with Crippen LogP contribution in [0.3, 0.4) is 0 Å². The maximum atomic E-state index is 13.1. The van der Waals surface area contributed by atoms with Crippen LogP contribution in [0.15, 0.2) is 41.3 Å². The molecule has 0 bridgehead atoms. The topological polar surface area (TPSA) is 26.0 Å². The van der Waals surface area contributed by atoms with Crippen LogP contribution in [0.1, 0.15) is 11.6 Å². The summed E-state index contributed by atoms with van der Waals surface area (Å²) in [5.74, 6) is -3.42. The zero-order valence-electron chi connectivity index (χ0n) is 10.2. The van der Waals surface area contributed by atoms with Crippen LogP contribution < -0.4 is 5.73 Å². The van der Waals surface area contributed by atoms with Crippen molar-refractivity contribution in [3.05, 3.63) is 65.2 Å². The number of thioether (sulfide) groups is 1. The van der Waals surface area contributed by atoms with Gasteiger partial charge >= 0.3 is 0 Å². The summed E-state index contributed by atoms with van der Waals surface area (Å²) >= 11 is 1.21. The summed E-state index contributed by atoms with van der Waals surface area (Å²) in [6, 6.07) is 6.43. The highest BCUT2D eigenvalue weighted by molar-refractivity contribution is 7.99. The summed E-state index contributed by atoms with van der Waals surface area (Å²) in [6.45, 7) is 0. The number of nitrogens with two attached hydrogens (primary N) is 1. The molecule has 1 nitrogen and oxygen atoms in total. The number of halogens is 4. The number of hydrogen-bond acceptors (Lipinski definition) is 2. The van der Waals surface area contributed by atoms with Crippen molar-refractivity contribution in [1.82, 2.24) is 0 Å². The molecular weight excluding hydrogens is 290 g/mol. The zero-order chi connectivity index (χ0) is 14.7. The molecule has 0 radical (unpaired) electrons. The van der Waals surface area contributed by atoms with E-state index in [-0.39, 0.29) is 0 Å². The number of benzene rings is 2. The summed E-state index contributed by atoms with van der Waals surface area (Å²) in [5.41, 5.74) is 6.30. The molecule has 106 valence electrons. The molecule has 0 fully saturated rings. The average molecular weight is 301 g/mol. The first-order chi connectivity index (χ1) is 9.47. The third-order valence-electron chi connectivity index (χ3n) is 2.69. The van der Waals surface area contributed by atoms with Crippen molar-refractivity contribution in [3.63, 3.8) is 0 Å². The van der Waals surface area contributed by atoms with Crippen LogP contribution in [0.25, 0.3) is 0 Å². The molecule has 20 heavy (non-hydrogen) atoms. The van der Waals surface area contributed by atoms with Crippen LogP contribution in [0.2, 0.25) is 0 Å². The Morgan fingerprint density at radius 1 is 0.850 bits per heavy atom. The van der Waals surface area contributed by atoms with E-state index in [1.807, 2.05) is 0 Å². The lowest BCUT2D eigenvalue weighted by Gasteiger charge is -2.12. The van der Waals surface area contributed by atoms with Gasteiger partial charge in [-0.15, -0.1) is 11.8 Å². The van der Waals surface area contributed by atoms with E-state index < -0.39 is 29.3 Å². The molecule has 0 aliphatic carbocycles. The Hall–Kier alpha value is -1.53. The summed E-state index contributed by atoms with van der Waals surface area (Å²) in [6.07, 6.45) is 0. The lowest BCUT2D eigenvalue weighted by molar-refractivity contribution is 0.505. The van der Waals surface area contributed by atoms with Crippen molar-refractivity contribution in [2.45, 2.75) is 10.9 Å². The molecule has 0 amide bonds. The molecule has 2 aromatic rings. The van der Waals surface area contributed by atoms with Gasteiger partial charge in [0.15, 0.2) is 23.3 Å². The number of rotatable bonds is 4. The minimum Gasteiger partial charge on any atom is -0.323 e. The zero-order valence-corrected chi connectivity index (χ0v) is 11.1. The van der Waals surface area contributed by atoms with E-state index in [0.717, 1.165) is 24.3 Å². The van der Waals surface area contributed by atoms with Gasteiger partial charge in [-0.1, -0.05) is 6.07 Å². The largest absolute Gasteiger partial charge is 0.323 e. The number of hydrogen-bond donors (Lipinski definition) is 1. The van der Waals surface area contributed by atoms with Gasteiger partial charge in [0.25, 0.3) is 0 Å². The summed E-state index contributed by atoms with van der Waals surface area (Å²) < 4.78 is 51.6. The van der Waals surface area contributed by atoms with Gasteiger partial charge in [0.2, 0.25) is 0 Å². The normalized spacial score (nSPS) is 12.4. The first kappa shape index (κ1) is 14.9. The first-order valence-electron chi connectivity index (χ1n) is 5.76. The Kier molecular flexibility index (Phi) is 4.67. The van der Waals surface area contributed by atoms with E-state index >= 15 is 0 Å². The molecule has 2 aromatic carbocycles. The molecule has 0 aliphatic rings. The molecule has 2 N–H and O–H groups in total. The Bertz CT molecular complexity index is 618. The van der Waals surface area contributed by atoms with Gasteiger partial charge in [-0.2, -0.15) is 0 Å². The molecule has 0 aromatic heterocycles. The van der Waals surface area contributed by atoms with Crippen LogP contribution in [-0.4, -0.2) is 5.75 Å². The predicted molar refractivity (Wildman–Crippen MR) is 70.4 cm³/mol. The van der Waals surface area contributed by atoms with Gasteiger partial charge in [0.1, 0.15) is 0 Å². The highest BCUT2D eigenvalue weighted by atomic mass is 32.2. The predicted octanol–water partition coefficient (Wildman–Crippen LogP) is 4.04. The Balaban J connectivity index is 2.02. The van der Waals surface area contributed by atoms with Crippen LogP contribution in [0.4, 0.5) is 17.6 Å².